The second kappa shape index (κ2) is 7.58. The highest BCUT2D eigenvalue weighted by atomic mass is 32.2. The average molecular weight is 379 g/mol. The Morgan fingerprint density at radius 2 is 1.85 bits per heavy atom. The minimum Gasteiger partial charge on any atom is -0.491 e. The summed E-state index contributed by atoms with van der Waals surface area (Å²) >= 11 is 1.48. The predicted molar refractivity (Wildman–Crippen MR) is 109 cm³/mol. The van der Waals surface area contributed by atoms with Crippen molar-refractivity contribution in [2.75, 3.05) is 12.4 Å². The first-order chi connectivity index (χ1) is 13.1. The van der Waals surface area contributed by atoms with Gasteiger partial charge >= 0.3 is 0 Å². The number of aromatic nitrogens is 3. The van der Waals surface area contributed by atoms with Crippen LogP contribution in [0.3, 0.4) is 0 Å². The maximum atomic E-state index is 10.3. The molecule has 0 aliphatic carbocycles. The smallest absolute Gasteiger partial charge is 0.196 e. The summed E-state index contributed by atoms with van der Waals surface area (Å²) < 4.78 is 7.70. The first-order valence-corrected chi connectivity index (χ1v) is 9.84. The van der Waals surface area contributed by atoms with Gasteiger partial charge in [-0.2, -0.15) is 0 Å². The standard InChI is InChI=1S/C21H21N3O2S/c1-14-7-9-17(10-8-14)26-12-16(25)13-27-21-23-22-20-11-15(2)18-5-3-4-6-19(18)24(20)21/h3-11,16,25H,12-13H2,1-2H3. The lowest BCUT2D eigenvalue weighted by Gasteiger charge is -2.12. The molecule has 1 atom stereocenters. The Bertz CT molecular complexity index is 1080. The number of pyridine rings is 1. The van der Waals surface area contributed by atoms with E-state index in [0.29, 0.717) is 5.75 Å². The molecule has 0 bridgehead atoms. The quantitative estimate of drug-likeness (QED) is 0.513. The Morgan fingerprint density at radius 1 is 1.07 bits per heavy atom. The molecule has 4 rings (SSSR count). The summed E-state index contributed by atoms with van der Waals surface area (Å²) in [5, 5.41) is 20.8. The number of thioether (sulfide) groups is 1. The number of aliphatic hydroxyl groups excluding tert-OH is 1. The van der Waals surface area contributed by atoms with Crippen LogP contribution in [0, 0.1) is 13.8 Å². The van der Waals surface area contributed by atoms with Gasteiger partial charge in [0.05, 0.1) is 11.6 Å². The number of hydrogen-bond acceptors (Lipinski definition) is 5. The van der Waals surface area contributed by atoms with Crippen molar-refractivity contribution in [1.82, 2.24) is 14.6 Å². The van der Waals surface area contributed by atoms with Crippen molar-refractivity contribution in [3.05, 3.63) is 65.7 Å². The Balaban J connectivity index is 1.47. The molecule has 0 aliphatic heterocycles. The van der Waals surface area contributed by atoms with Crippen molar-refractivity contribution < 1.29 is 9.84 Å². The Morgan fingerprint density at radius 3 is 2.67 bits per heavy atom. The van der Waals surface area contributed by atoms with Crippen LogP contribution in [0.15, 0.2) is 59.8 Å². The van der Waals surface area contributed by atoms with E-state index in [1.807, 2.05) is 53.8 Å². The molecule has 0 spiro atoms. The third kappa shape index (κ3) is 3.77. The first kappa shape index (κ1) is 17.8. The maximum Gasteiger partial charge on any atom is 0.196 e. The molecule has 4 aromatic rings. The Labute approximate surface area is 162 Å². The molecule has 0 saturated carbocycles. The molecule has 27 heavy (non-hydrogen) atoms. The number of aryl methyl sites for hydroxylation is 2. The molecule has 0 amide bonds. The van der Waals surface area contributed by atoms with Crippen molar-refractivity contribution in [2.45, 2.75) is 25.1 Å². The van der Waals surface area contributed by atoms with Crippen molar-refractivity contribution >= 4 is 28.3 Å². The molecule has 0 radical (unpaired) electrons. The normalized spacial score (nSPS) is 12.6. The minimum atomic E-state index is -0.597. The van der Waals surface area contributed by atoms with Crippen LogP contribution < -0.4 is 4.74 Å². The number of ether oxygens (including phenoxy) is 1. The molecule has 2 heterocycles. The van der Waals surface area contributed by atoms with Gasteiger partial charge in [0.2, 0.25) is 0 Å². The highest BCUT2D eigenvalue weighted by Gasteiger charge is 2.14. The lowest BCUT2D eigenvalue weighted by atomic mass is 10.1. The fourth-order valence-corrected chi connectivity index (χ4v) is 3.87. The lowest BCUT2D eigenvalue weighted by molar-refractivity contribution is 0.126. The minimum absolute atomic E-state index is 0.243. The topological polar surface area (TPSA) is 59.7 Å². The van der Waals surface area contributed by atoms with Gasteiger partial charge in [0.25, 0.3) is 0 Å². The maximum absolute atomic E-state index is 10.3. The number of rotatable bonds is 6. The number of hydrogen-bond donors (Lipinski definition) is 1. The largest absolute Gasteiger partial charge is 0.491 e. The molecule has 1 N–H and O–H groups in total. The second-order valence-corrected chi connectivity index (χ2v) is 7.60. The number of para-hydroxylation sites is 1. The summed E-state index contributed by atoms with van der Waals surface area (Å²) in [6, 6.07) is 18.1. The van der Waals surface area contributed by atoms with E-state index in [4.69, 9.17) is 4.74 Å². The van der Waals surface area contributed by atoms with Crippen LogP contribution in [0.2, 0.25) is 0 Å². The van der Waals surface area contributed by atoms with Gasteiger partial charge in [-0.1, -0.05) is 47.7 Å². The number of aliphatic hydroxyl groups is 1. The number of fused-ring (bicyclic) bond motifs is 3. The van der Waals surface area contributed by atoms with Crippen molar-refractivity contribution in [1.29, 1.82) is 0 Å². The third-order valence-electron chi connectivity index (χ3n) is 4.44. The van der Waals surface area contributed by atoms with Crippen molar-refractivity contribution in [3.8, 4) is 5.75 Å². The van der Waals surface area contributed by atoms with Crippen molar-refractivity contribution in [3.63, 3.8) is 0 Å². The summed E-state index contributed by atoms with van der Waals surface area (Å²) in [6.45, 7) is 4.35. The van der Waals surface area contributed by atoms with Gasteiger partial charge in [-0.3, -0.25) is 4.40 Å². The number of benzene rings is 2. The van der Waals surface area contributed by atoms with Gasteiger partial charge in [0.15, 0.2) is 10.8 Å². The highest BCUT2D eigenvalue weighted by Crippen LogP contribution is 2.26. The summed E-state index contributed by atoms with van der Waals surface area (Å²) in [5.74, 6) is 1.24. The van der Waals surface area contributed by atoms with E-state index >= 15 is 0 Å². The molecule has 0 fully saturated rings. The molecule has 5 nitrogen and oxygen atoms in total. The average Bonchev–Trinajstić information content (AvgIpc) is 3.09. The second-order valence-electron chi connectivity index (χ2n) is 6.61. The van der Waals surface area contributed by atoms with E-state index < -0.39 is 6.10 Å². The highest BCUT2D eigenvalue weighted by molar-refractivity contribution is 7.99. The van der Waals surface area contributed by atoms with Crippen LogP contribution >= 0.6 is 11.8 Å². The van der Waals surface area contributed by atoms with Gasteiger partial charge in [-0.25, -0.2) is 0 Å². The van der Waals surface area contributed by atoms with E-state index in [2.05, 4.69) is 29.3 Å². The van der Waals surface area contributed by atoms with E-state index in [9.17, 15) is 5.11 Å². The fraction of sp³-hybridized carbons (Fsp3) is 0.238. The zero-order valence-corrected chi connectivity index (χ0v) is 16.1. The molecule has 6 heteroatoms. The van der Waals surface area contributed by atoms with E-state index in [1.54, 1.807) is 0 Å². The third-order valence-corrected chi connectivity index (χ3v) is 5.52. The molecule has 2 aromatic heterocycles. The lowest BCUT2D eigenvalue weighted by Crippen LogP contribution is -2.20. The molecular formula is C21H21N3O2S. The van der Waals surface area contributed by atoms with Crippen LogP contribution in [0.4, 0.5) is 0 Å². The summed E-state index contributed by atoms with van der Waals surface area (Å²) in [4.78, 5) is 0. The SMILES string of the molecule is Cc1ccc(OCC(O)CSc2nnc3cc(C)c4ccccc4n23)cc1. The van der Waals surface area contributed by atoms with Gasteiger partial charge in [0.1, 0.15) is 12.4 Å². The Kier molecular flexibility index (Phi) is 5.01. The zero-order valence-electron chi connectivity index (χ0n) is 15.3. The van der Waals surface area contributed by atoms with Crippen LogP contribution in [0.25, 0.3) is 16.6 Å². The van der Waals surface area contributed by atoms with Crippen LogP contribution in [-0.4, -0.2) is 38.2 Å². The van der Waals surface area contributed by atoms with E-state index in [-0.39, 0.29) is 6.61 Å². The molecule has 1 unspecified atom stereocenters. The van der Waals surface area contributed by atoms with Crippen molar-refractivity contribution in [2.24, 2.45) is 0 Å². The number of nitrogens with zero attached hydrogens (tertiary/aromatic N) is 3. The predicted octanol–water partition coefficient (Wildman–Crippen LogP) is 4.03. The van der Waals surface area contributed by atoms with Gasteiger partial charge < -0.3 is 9.84 Å². The van der Waals surface area contributed by atoms with E-state index in [0.717, 1.165) is 22.1 Å². The van der Waals surface area contributed by atoms with Gasteiger partial charge in [-0.05, 0) is 43.7 Å². The zero-order chi connectivity index (χ0) is 18.8. The first-order valence-electron chi connectivity index (χ1n) is 8.85. The van der Waals surface area contributed by atoms with Crippen LogP contribution in [-0.2, 0) is 0 Å². The summed E-state index contributed by atoms with van der Waals surface area (Å²) in [6.07, 6.45) is -0.597. The van der Waals surface area contributed by atoms with Gasteiger partial charge in [-0.15, -0.1) is 10.2 Å². The summed E-state index contributed by atoms with van der Waals surface area (Å²) in [7, 11) is 0. The fourth-order valence-electron chi connectivity index (χ4n) is 3.01. The van der Waals surface area contributed by atoms with Crippen LogP contribution in [0.1, 0.15) is 11.1 Å². The molecular weight excluding hydrogens is 358 g/mol. The van der Waals surface area contributed by atoms with E-state index in [1.165, 1.54) is 28.3 Å². The van der Waals surface area contributed by atoms with Gasteiger partial charge in [0, 0.05) is 11.1 Å². The molecule has 2 aromatic carbocycles. The summed E-state index contributed by atoms with van der Waals surface area (Å²) in [5.41, 5.74) is 4.25. The molecule has 0 saturated heterocycles. The Hall–Kier alpha value is -2.57. The molecule has 138 valence electrons. The monoisotopic (exact) mass is 379 g/mol. The molecule has 0 aliphatic rings. The van der Waals surface area contributed by atoms with Crippen LogP contribution in [0.5, 0.6) is 5.75 Å².